The van der Waals surface area contributed by atoms with Crippen molar-refractivity contribution in [2.45, 2.75) is 36.5 Å². The molecule has 3 saturated heterocycles. The van der Waals surface area contributed by atoms with Gasteiger partial charge in [-0.1, -0.05) is 18.2 Å². The van der Waals surface area contributed by atoms with E-state index in [1.54, 1.807) is 0 Å². The molecular formula is C15H15NO3. The molecule has 1 saturated carbocycles. The number of hydrogen-bond acceptors (Lipinski definition) is 4. The standard InChI is InChI=1S/C15H15NO3/c17-13-10-5-6-12(19-13)15-14(10,7-8-18-15)9-3-1-2-4-11(9)16-15/h1-4,10,12,16H,5-8H2/t10?,12?,14-,15-/m1/s1. The van der Waals surface area contributed by atoms with Crippen molar-refractivity contribution in [2.75, 3.05) is 11.9 Å². The van der Waals surface area contributed by atoms with Gasteiger partial charge in [-0.05, 0) is 30.9 Å². The van der Waals surface area contributed by atoms with Crippen LogP contribution in [0, 0.1) is 5.92 Å². The molecule has 4 atom stereocenters. The summed E-state index contributed by atoms with van der Waals surface area (Å²) >= 11 is 0. The van der Waals surface area contributed by atoms with Gasteiger partial charge in [-0.15, -0.1) is 0 Å². The highest BCUT2D eigenvalue weighted by Crippen LogP contribution is 2.65. The van der Waals surface area contributed by atoms with Crippen LogP contribution in [0.4, 0.5) is 5.69 Å². The Kier molecular flexibility index (Phi) is 1.60. The monoisotopic (exact) mass is 257 g/mol. The maximum Gasteiger partial charge on any atom is 0.310 e. The first-order valence-corrected chi connectivity index (χ1v) is 7.00. The highest BCUT2D eigenvalue weighted by Gasteiger charge is 2.75. The number of anilines is 1. The molecule has 4 aliphatic heterocycles. The predicted octanol–water partition coefficient (Wildman–Crippen LogP) is 1.80. The summed E-state index contributed by atoms with van der Waals surface area (Å²) in [7, 11) is 0. The van der Waals surface area contributed by atoms with E-state index in [4.69, 9.17) is 9.47 Å². The summed E-state index contributed by atoms with van der Waals surface area (Å²) in [5.41, 5.74) is 1.64. The van der Waals surface area contributed by atoms with Gasteiger partial charge in [0.1, 0.15) is 0 Å². The number of rotatable bonds is 0. The Bertz CT molecular complexity index is 601. The number of carbonyl (C=O) groups is 1. The second-order valence-corrected chi connectivity index (χ2v) is 6.03. The van der Waals surface area contributed by atoms with Crippen molar-refractivity contribution in [1.29, 1.82) is 0 Å². The number of benzene rings is 1. The number of nitrogens with one attached hydrogen (secondary N) is 1. The second-order valence-electron chi connectivity index (χ2n) is 6.03. The van der Waals surface area contributed by atoms with Crippen LogP contribution >= 0.6 is 0 Å². The number of esters is 1. The Morgan fingerprint density at radius 1 is 1.26 bits per heavy atom. The molecule has 0 spiro atoms. The van der Waals surface area contributed by atoms with Crippen LogP contribution in [0.1, 0.15) is 24.8 Å². The first-order chi connectivity index (χ1) is 9.28. The van der Waals surface area contributed by atoms with Crippen LogP contribution in [0.2, 0.25) is 0 Å². The van der Waals surface area contributed by atoms with E-state index in [-0.39, 0.29) is 23.4 Å². The molecule has 6 rings (SSSR count). The molecule has 1 N–H and O–H groups in total. The van der Waals surface area contributed by atoms with Gasteiger partial charge in [-0.3, -0.25) is 4.79 Å². The molecule has 0 amide bonds. The quantitative estimate of drug-likeness (QED) is 0.720. The van der Waals surface area contributed by atoms with Gasteiger partial charge < -0.3 is 14.8 Å². The maximum absolute atomic E-state index is 12.2. The molecule has 1 aliphatic carbocycles. The molecule has 2 unspecified atom stereocenters. The van der Waals surface area contributed by atoms with Crippen LogP contribution in [0.5, 0.6) is 0 Å². The molecule has 19 heavy (non-hydrogen) atoms. The molecule has 4 fully saturated rings. The van der Waals surface area contributed by atoms with E-state index in [1.165, 1.54) is 5.56 Å². The van der Waals surface area contributed by atoms with E-state index in [0.717, 1.165) is 24.9 Å². The van der Waals surface area contributed by atoms with Crippen LogP contribution in [0.25, 0.3) is 0 Å². The van der Waals surface area contributed by atoms with Crippen LogP contribution in [0.3, 0.4) is 0 Å². The van der Waals surface area contributed by atoms with Crippen molar-refractivity contribution in [3.8, 4) is 0 Å². The van der Waals surface area contributed by atoms with Gasteiger partial charge in [0.2, 0.25) is 0 Å². The molecule has 5 aliphatic rings. The van der Waals surface area contributed by atoms with E-state index in [0.29, 0.717) is 6.61 Å². The van der Waals surface area contributed by atoms with Crippen LogP contribution in [0.15, 0.2) is 24.3 Å². The summed E-state index contributed by atoms with van der Waals surface area (Å²) in [5, 5.41) is 3.56. The highest BCUT2D eigenvalue weighted by atomic mass is 16.6. The smallest absolute Gasteiger partial charge is 0.310 e. The zero-order chi connectivity index (χ0) is 12.7. The lowest BCUT2D eigenvalue weighted by atomic mass is 9.56. The normalized spacial score (nSPS) is 45.2. The molecule has 4 nitrogen and oxygen atoms in total. The maximum atomic E-state index is 12.2. The van der Waals surface area contributed by atoms with Crippen LogP contribution in [-0.2, 0) is 19.7 Å². The van der Waals surface area contributed by atoms with Crippen LogP contribution in [-0.4, -0.2) is 24.4 Å². The minimum atomic E-state index is -0.506. The number of carbonyl (C=O) groups excluding carboxylic acids is 1. The molecular weight excluding hydrogens is 242 g/mol. The minimum Gasteiger partial charge on any atom is -0.457 e. The lowest BCUT2D eigenvalue weighted by Crippen LogP contribution is -2.70. The fourth-order valence-corrected chi connectivity index (χ4v) is 4.88. The summed E-state index contributed by atoms with van der Waals surface area (Å²) in [6, 6.07) is 8.30. The number of fused-ring (bicyclic) bond motifs is 3. The Balaban J connectivity index is 1.84. The Morgan fingerprint density at radius 2 is 2.16 bits per heavy atom. The molecule has 0 aromatic heterocycles. The van der Waals surface area contributed by atoms with E-state index >= 15 is 0 Å². The molecule has 1 aromatic carbocycles. The predicted molar refractivity (Wildman–Crippen MR) is 67.6 cm³/mol. The van der Waals surface area contributed by atoms with Gasteiger partial charge in [0, 0.05) is 5.69 Å². The topological polar surface area (TPSA) is 47.6 Å². The fourth-order valence-electron chi connectivity index (χ4n) is 4.88. The van der Waals surface area contributed by atoms with Gasteiger partial charge in [0.05, 0.1) is 17.9 Å². The van der Waals surface area contributed by atoms with Gasteiger partial charge >= 0.3 is 5.97 Å². The average molecular weight is 257 g/mol. The average Bonchev–Trinajstić information content (AvgIpc) is 2.94. The minimum absolute atomic E-state index is 0.0316. The molecule has 2 bridgehead atoms. The van der Waals surface area contributed by atoms with Crippen molar-refractivity contribution in [3.05, 3.63) is 29.8 Å². The Labute approximate surface area is 111 Å². The zero-order valence-corrected chi connectivity index (χ0v) is 10.5. The summed E-state index contributed by atoms with van der Waals surface area (Å²) < 4.78 is 11.7. The van der Waals surface area contributed by atoms with E-state index in [2.05, 4.69) is 23.5 Å². The molecule has 1 aromatic rings. The molecule has 98 valence electrons. The third-order valence-electron chi connectivity index (χ3n) is 5.53. The van der Waals surface area contributed by atoms with Crippen LogP contribution < -0.4 is 5.32 Å². The first kappa shape index (κ1) is 10.3. The molecule has 4 heterocycles. The summed E-state index contributed by atoms with van der Waals surface area (Å²) in [5.74, 6) is -0.0907. The summed E-state index contributed by atoms with van der Waals surface area (Å²) in [4.78, 5) is 12.2. The summed E-state index contributed by atoms with van der Waals surface area (Å²) in [6.07, 6.45) is 2.58. The Morgan fingerprint density at radius 3 is 3.05 bits per heavy atom. The lowest BCUT2D eigenvalue weighted by molar-refractivity contribution is -0.216. The zero-order valence-electron chi connectivity index (χ0n) is 10.5. The fraction of sp³-hybridized carbons (Fsp3) is 0.533. The molecule has 0 radical (unpaired) electrons. The van der Waals surface area contributed by atoms with Gasteiger partial charge in [0.15, 0.2) is 11.8 Å². The van der Waals surface area contributed by atoms with E-state index in [9.17, 15) is 4.79 Å². The van der Waals surface area contributed by atoms with E-state index in [1.807, 2.05) is 6.07 Å². The largest absolute Gasteiger partial charge is 0.457 e. The first-order valence-electron chi connectivity index (χ1n) is 7.00. The van der Waals surface area contributed by atoms with Crippen molar-refractivity contribution in [2.24, 2.45) is 5.92 Å². The highest BCUT2D eigenvalue weighted by molar-refractivity contribution is 5.82. The number of ether oxygens (including phenoxy) is 2. The van der Waals surface area contributed by atoms with Crippen molar-refractivity contribution in [1.82, 2.24) is 0 Å². The van der Waals surface area contributed by atoms with E-state index < -0.39 is 5.72 Å². The lowest BCUT2D eigenvalue weighted by Gasteiger charge is -2.55. The van der Waals surface area contributed by atoms with Gasteiger partial charge in [0.25, 0.3) is 0 Å². The Hall–Kier alpha value is -1.55. The number of para-hydroxylation sites is 1. The number of hydrogen-bond donors (Lipinski definition) is 1. The summed E-state index contributed by atoms with van der Waals surface area (Å²) in [6.45, 7) is 0.699. The molecule has 4 heteroatoms. The SMILES string of the molecule is O=C1OC2CCC1[C@]13CCO[C@]21Nc1ccccc13. The van der Waals surface area contributed by atoms with Crippen molar-refractivity contribution in [3.63, 3.8) is 0 Å². The van der Waals surface area contributed by atoms with Crippen molar-refractivity contribution < 1.29 is 14.3 Å². The van der Waals surface area contributed by atoms with Gasteiger partial charge in [-0.25, -0.2) is 0 Å². The second kappa shape index (κ2) is 2.96. The third kappa shape index (κ3) is 0.881. The van der Waals surface area contributed by atoms with Crippen molar-refractivity contribution >= 4 is 11.7 Å². The third-order valence-corrected chi connectivity index (χ3v) is 5.53. The van der Waals surface area contributed by atoms with Gasteiger partial charge in [-0.2, -0.15) is 0 Å².